The first-order valence-electron chi connectivity index (χ1n) is 9.62. The van der Waals surface area contributed by atoms with Crippen molar-refractivity contribution in [3.63, 3.8) is 0 Å². The fourth-order valence-corrected chi connectivity index (χ4v) is 5.61. The molecule has 5 nitrogen and oxygen atoms in total. The van der Waals surface area contributed by atoms with Crippen molar-refractivity contribution in [3.8, 4) is 0 Å². The Morgan fingerprint density at radius 3 is 2.57 bits per heavy atom. The fraction of sp³-hybridized carbons (Fsp3) is 0.409. The Labute approximate surface area is 167 Å². The third-order valence-electron chi connectivity index (χ3n) is 5.47. The van der Waals surface area contributed by atoms with Crippen LogP contribution in [0, 0.1) is 19.3 Å². The number of nitrogens with one attached hydrogen (secondary N) is 1. The summed E-state index contributed by atoms with van der Waals surface area (Å²) in [6.07, 6.45) is 1.34. The Balaban J connectivity index is 1.76. The van der Waals surface area contributed by atoms with Crippen LogP contribution in [-0.4, -0.2) is 31.7 Å². The van der Waals surface area contributed by atoms with E-state index in [1.807, 2.05) is 63.2 Å². The van der Waals surface area contributed by atoms with Crippen LogP contribution < -0.4 is 5.32 Å². The molecule has 2 aromatic carbocycles. The molecule has 150 valence electrons. The first-order valence-corrected chi connectivity index (χ1v) is 11.1. The number of rotatable bonds is 5. The van der Waals surface area contributed by atoms with Gasteiger partial charge in [-0.1, -0.05) is 42.5 Å². The minimum atomic E-state index is -3.63. The highest BCUT2D eigenvalue weighted by molar-refractivity contribution is 7.89. The zero-order valence-electron chi connectivity index (χ0n) is 16.7. The second kappa shape index (κ2) is 8.05. The van der Waals surface area contributed by atoms with Crippen LogP contribution in [0.1, 0.15) is 36.5 Å². The SMILES string of the molecule is Cc1ccc(C)c(S(=O)(=O)N2CCC[C@@](C)(C(=O)NCc3ccccc3)C2)c1. The van der Waals surface area contributed by atoms with Crippen LogP contribution >= 0.6 is 0 Å². The van der Waals surface area contributed by atoms with Crippen LogP contribution in [0.5, 0.6) is 0 Å². The Morgan fingerprint density at radius 2 is 1.86 bits per heavy atom. The molecule has 1 saturated heterocycles. The number of carbonyl (C=O) groups is 1. The number of aryl methyl sites for hydroxylation is 2. The topological polar surface area (TPSA) is 66.5 Å². The second-order valence-electron chi connectivity index (χ2n) is 7.94. The summed E-state index contributed by atoms with van der Waals surface area (Å²) in [4.78, 5) is 13.2. The lowest BCUT2D eigenvalue weighted by Gasteiger charge is -2.38. The molecule has 28 heavy (non-hydrogen) atoms. The molecule has 6 heteroatoms. The average molecular weight is 401 g/mol. The molecule has 0 aromatic heterocycles. The largest absolute Gasteiger partial charge is 0.352 e. The first kappa shape index (κ1) is 20.6. The monoisotopic (exact) mass is 400 g/mol. The zero-order valence-corrected chi connectivity index (χ0v) is 17.6. The van der Waals surface area contributed by atoms with Gasteiger partial charge in [0.15, 0.2) is 0 Å². The second-order valence-corrected chi connectivity index (χ2v) is 9.85. The molecule has 1 atom stereocenters. The standard InChI is InChI=1S/C22H28N2O3S/c1-17-10-11-18(2)20(14-17)28(26,27)24-13-7-12-22(3,16-24)21(25)23-15-19-8-5-4-6-9-19/h4-6,8-11,14H,7,12-13,15-16H2,1-3H3,(H,23,25)/t22-/m1/s1. The summed E-state index contributed by atoms with van der Waals surface area (Å²) in [6, 6.07) is 15.2. The maximum Gasteiger partial charge on any atom is 0.243 e. The highest BCUT2D eigenvalue weighted by Gasteiger charge is 2.42. The molecule has 1 fully saturated rings. The van der Waals surface area contributed by atoms with E-state index < -0.39 is 15.4 Å². The summed E-state index contributed by atoms with van der Waals surface area (Å²) in [5.74, 6) is -0.0998. The van der Waals surface area contributed by atoms with Gasteiger partial charge in [0, 0.05) is 19.6 Å². The van der Waals surface area contributed by atoms with Gasteiger partial charge in [-0.15, -0.1) is 0 Å². The third kappa shape index (κ3) is 4.28. The summed E-state index contributed by atoms with van der Waals surface area (Å²) in [5, 5.41) is 2.98. The molecule has 1 amide bonds. The highest BCUT2D eigenvalue weighted by Crippen LogP contribution is 2.33. The minimum absolute atomic E-state index is 0.0998. The van der Waals surface area contributed by atoms with Crippen molar-refractivity contribution < 1.29 is 13.2 Å². The van der Waals surface area contributed by atoms with E-state index in [1.54, 1.807) is 6.07 Å². The Kier molecular flexibility index (Phi) is 5.91. The van der Waals surface area contributed by atoms with Crippen LogP contribution in [0.3, 0.4) is 0 Å². The Hall–Kier alpha value is -2.18. The lowest BCUT2D eigenvalue weighted by Crippen LogP contribution is -2.51. The maximum atomic E-state index is 13.2. The van der Waals surface area contributed by atoms with Crippen LogP contribution in [0.15, 0.2) is 53.4 Å². The van der Waals surface area contributed by atoms with Gasteiger partial charge in [-0.3, -0.25) is 4.79 Å². The van der Waals surface area contributed by atoms with Crippen molar-refractivity contribution in [2.24, 2.45) is 5.41 Å². The third-order valence-corrected chi connectivity index (χ3v) is 7.45. The van der Waals surface area contributed by atoms with Gasteiger partial charge in [-0.05, 0) is 56.4 Å². The van der Waals surface area contributed by atoms with E-state index in [0.29, 0.717) is 30.8 Å². The van der Waals surface area contributed by atoms with E-state index in [0.717, 1.165) is 16.7 Å². The van der Waals surface area contributed by atoms with Gasteiger partial charge in [0.1, 0.15) is 0 Å². The lowest BCUT2D eigenvalue weighted by molar-refractivity contribution is -0.132. The smallest absolute Gasteiger partial charge is 0.243 e. The molecule has 1 aliphatic rings. The quantitative estimate of drug-likeness (QED) is 0.836. The molecule has 0 unspecified atom stereocenters. The molecule has 1 aliphatic heterocycles. The lowest BCUT2D eigenvalue weighted by atomic mass is 9.82. The van der Waals surface area contributed by atoms with Crippen molar-refractivity contribution in [1.29, 1.82) is 0 Å². The molecular formula is C22H28N2O3S. The number of amides is 1. The fourth-order valence-electron chi connectivity index (χ4n) is 3.70. The number of piperidine rings is 1. The Morgan fingerprint density at radius 1 is 1.14 bits per heavy atom. The molecule has 0 spiro atoms. The normalized spacial score (nSPS) is 20.7. The molecule has 0 radical (unpaired) electrons. The molecule has 1 N–H and O–H groups in total. The predicted molar refractivity (Wildman–Crippen MR) is 110 cm³/mol. The van der Waals surface area contributed by atoms with E-state index in [4.69, 9.17) is 0 Å². The van der Waals surface area contributed by atoms with Gasteiger partial charge in [-0.25, -0.2) is 8.42 Å². The molecule has 0 saturated carbocycles. The van der Waals surface area contributed by atoms with Crippen LogP contribution in [0.4, 0.5) is 0 Å². The summed E-state index contributed by atoms with van der Waals surface area (Å²) in [5.41, 5.74) is 1.92. The van der Waals surface area contributed by atoms with E-state index in [1.165, 1.54) is 4.31 Å². The summed E-state index contributed by atoms with van der Waals surface area (Å²) in [7, 11) is -3.63. The molecule has 0 aliphatic carbocycles. The van der Waals surface area contributed by atoms with E-state index in [9.17, 15) is 13.2 Å². The van der Waals surface area contributed by atoms with Crippen molar-refractivity contribution in [3.05, 3.63) is 65.2 Å². The number of benzene rings is 2. The van der Waals surface area contributed by atoms with Crippen molar-refractivity contribution in [2.45, 2.75) is 45.1 Å². The van der Waals surface area contributed by atoms with Crippen LogP contribution in [0.25, 0.3) is 0 Å². The number of carbonyl (C=O) groups excluding carboxylic acids is 1. The van der Waals surface area contributed by atoms with Gasteiger partial charge in [0.25, 0.3) is 0 Å². The van der Waals surface area contributed by atoms with Gasteiger partial charge in [0.05, 0.1) is 10.3 Å². The van der Waals surface area contributed by atoms with E-state index in [2.05, 4.69) is 5.32 Å². The average Bonchev–Trinajstić information content (AvgIpc) is 2.68. The van der Waals surface area contributed by atoms with E-state index >= 15 is 0 Å². The zero-order chi connectivity index (χ0) is 20.4. The predicted octanol–water partition coefficient (Wildman–Crippen LogP) is 3.41. The van der Waals surface area contributed by atoms with Crippen molar-refractivity contribution in [2.75, 3.05) is 13.1 Å². The summed E-state index contributed by atoms with van der Waals surface area (Å²) < 4.78 is 28.0. The van der Waals surface area contributed by atoms with Gasteiger partial charge in [0.2, 0.25) is 15.9 Å². The van der Waals surface area contributed by atoms with Crippen LogP contribution in [-0.2, 0) is 21.4 Å². The van der Waals surface area contributed by atoms with Crippen LogP contribution in [0.2, 0.25) is 0 Å². The highest BCUT2D eigenvalue weighted by atomic mass is 32.2. The number of hydrogen-bond acceptors (Lipinski definition) is 3. The van der Waals surface area contributed by atoms with Gasteiger partial charge < -0.3 is 5.32 Å². The van der Waals surface area contributed by atoms with Crippen molar-refractivity contribution >= 4 is 15.9 Å². The summed E-state index contributed by atoms with van der Waals surface area (Å²) >= 11 is 0. The summed E-state index contributed by atoms with van der Waals surface area (Å²) in [6.45, 7) is 6.63. The van der Waals surface area contributed by atoms with Gasteiger partial charge in [-0.2, -0.15) is 4.31 Å². The Bertz CT molecular complexity index is 957. The first-order chi connectivity index (χ1) is 13.2. The number of hydrogen-bond donors (Lipinski definition) is 1. The molecule has 0 bridgehead atoms. The number of nitrogens with zero attached hydrogens (tertiary/aromatic N) is 1. The maximum absolute atomic E-state index is 13.2. The van der Waals surface area contributed by atoms with Crippen molar-refractivity contribution in [1.82, 2.24) is 9.62 Å². The molecule has 1 heterocycles. The number of sulfonamides is 1. The minimum Gasteiger partial charge on any atom is -0.352 e. The molecule has 3 rings (SSSR count). The molecule has 2 aromatic rings. The van der Waals surface area contributed by atoms with E-state index in [-0.39, 0.29) is 12.5 Å². The molecular weight excluding hydrogens is 372 g/mol. The van der Waals surface area contributed by atoms with Gasteiger partial charge >= 0.3 is 0 Å².